The minimum absolute atomic E-state index is 0.0580. The Morgan fingerprint density at radius 3 is 2.96 bits per heavy atom. The molecule has 0 aliphatic heterocycles. The van der Waals surface area contributed by atoms with Crippen LogP contribution >= 0.6 is 11.6 Å². The highest BCUT2D eigenvalue weighted by atomic mass is 35.5. The Bertz CT molecular complexity index is 723. The van der Waals surface area contributed by atoms with Crippen molar-refractivity contribution >= 4 is 17.5 Å². The third-order valence-corrected chi connectivity index (χ3v) is 4.33. The number of nitrogens with two attached hydrogens (primary N) is 1. The number of aromatic nitrogens is 1. The van der Waals surface area contributed by atoms with Crippen LogP contribution in [0.15, 0.2) is 22.7 Å². The van der Waals surface area contributed by atoms with Crippen LogP contribution in [0.2, 0.25) is 5.02 Å². The van der Waals surface area contributed by atoms with E-state index >= 15 is 0 Å². The predicted octanol–water partition coefficient (Wildman–Crippen LogP) is 2.91. The summed E-state index contributed by atoms with van der Waals surface area (Å²) >= 11 is 6.05. The van der Waals surface area contributed by atoms with Gasteiger partial charge in [0.1, 0.15) is 22.8 Å². The molecular weight excluding hydrogens is 321 g/mol. The molecule has 3 N–H and O–H groups in total. The average Bonchev–Trinajstić information content (AvgIpc) is 3.29. The molecule has 1 aromatic heterocycles. The second-order valence-corrected chi connectivity index (χ2v) is 6.18. The Morgan fingerprint density at radius 2 is 2.30 bits per heavy atom. The molecule has 1 heterocycles. The summed E-state index contributed by atoms with van der Waals surface area (Å²) in [4.78, 5) is 12.5. The largest absolute Gasteiger partial charge is 0.360 e. The number of benzene rings is 1. The van der Waals surface area contributed by atoms with Gasteiger partial charge in [0.15, 0.2) is 0 Å². The van der Waals surface area contributed by atoms with E-state index in [4.69, 9.17) is 21.9 Å². The predicted molar refractivity (Wildman–Crippen MR) is 84.7 cm³/mol. The first-order chi connectivity index (χ1) is 11.0. The lowest BCUT2D eigenvalue weighted by Gasteiger charge is -2.12. The zero-order valence-electron chi connectivity index (χ0n) is 12.6. The standard InChI is InChI=1S/C16H17ClFN3O2/c1-8-13(16(22)20-7-12(19)9-5-6-9)15(21-23-8)14-10(17)3-2-4-11(14)18/h2-4,9,12H,5-7,19H2,1H3,(H,20,22). The van der Waals surface area contributed by atoms with Crippen LogP contribution in [0.25, 0.3) is 11.3 Å². The third kappa shape index (κ3) is 3.23. The van der Waals surface area contributed by atoms with Crippen LogP contribution in [0.3, 0.4) is 0 Å². The van der Waals surface area contributed by atoms with Crippen LogP contribution in [-0.4, -0.2) is 23.7 Å². The molecule has 1 aliphatic carbocycles. The minimum atomic E-state index is -0.561. The average molecular weight is 338 g/mol. The Kier molecular flexibility index (Phi) is 4.37. The van der Waals surface area contributed by atoms with Gasteiger partial charge in [-0.3, -0.25) is 4.79 Å². The summed E-state index contributed by atoms with van der Waals surface area (Å²) in [6.07, 6.45) is 2.19. The van der Waals surface area contributed by atoms with Crippen LogP contribution in [0.4, 0.5) is 4.39 Å². The third-order valence-electron chi connectivity index (χ3n) is 4.02. The molecule has 1 unspecified atom stereocenters. The number of carbonyl (C=O) groups is 1. The van der Waals surface area contributed by atoms with Gasteiger partial charge in [-0.15, -0.1) is 0 Å². The first-order valence-corrected chi connectivity index (χ1v) is 7.81. The van der Waals surface area contributed by atoms with Crippen molar-refractivity contribution in [2.75, 3.05) is 6.54 Å². The van der Waals surface area contributed by atoms with Gasteiger partial charge in [0.2, 0.25) is 0 Å². The van der Waals surface area contributed by atoms with Crippen molar-refractivity contribution in [3.8, 4) is 11.3 Å². The number of nitrogens with zero attached hydrogens (tertiary/aromatic N) is 1. The van der Waals surface area contributed by atoms with E-state index in [1.165, 1.54) is 18.2 Å². The van der Waals surface area contributed by atoms with Gasteiger partial charge in [-0.1, -0.05) is 22.8 Å². The molecule has 122 valence electrons. The van der Waals surface area contributed by atoms with Crippen LogP contribution in [-0.2, 0) is 0 Å². The van der Waals surface area contributed by atoms with E-state index in [0.717, 1.165) is 12.8 Å². The molecule has 2 aromatic rings. The van der Waals surface area contributed by atoms with E-state index in [1.807, 2.05) is 0 Å². The van der Waals surface area contributed by atoms with Crippen LogP contribution in [0.5, 0.6) is 0 Å². The van der Waals surface area contributed by atoms with Gasteiger partial charge >= 0.3 is 0 Å². The van der Waals surface area contributed by atoms with Gasteiger partial charge in [-0.25, -0.2) is 4.39 Å². The van der Waals surface area contributed by atoms with E-state index in [2.05, 4.69) is 10.5 Å². The maximum absolute atomic E-state index is 14.1. The van der Waals surface area contributed by atoms with Gasteiger partial charge in [0.25, 0.3) is 5.91 Å². The maximum atomic E-state index is 14.1. The number of nitrogens with one attached hydrogen (secondary N) is 1. The Morgan fingerprint density at radius 1 is 1.57 bits per heavy atom. The highest BCUT2D eigenvalue weighted by Crippen LogP contribution is 2.34. The molecule has 7 heteroatoms. The molecule has 5 nitrogen and oxygen atoms in total. The summed E-state index contributed by atoms with van der Waals surface area (Å²) in [5, 5.41) is 6.75. The molecule has 1 saturated carbocycles. The Labute approximate surface area is 138 Å². The van der Waals surface area contributed by atoms with E-state index < -0.39 is 11.7 Å². The second kappa shape index (κ2) is 6.29. The number of aryl methyl sites for hydroxylation is 1. The summed E-state index contributed by atoms with van der Waals surface area (Å²) in [7, 11) is 0. The molecule has 1 fully saturated rings. The number of amides is 1. The van der Waals surface area contributed by atoms with Crippen molar-refractivity contribution in [2.45, 2.75) is 25.8 Å². The molecule has 3 rings (SSSR count). The van der Waals surface area contributed by atoms with Gasteiger partial charge in [-0.2, -0.15) is 0 Å². The first-order valence-electron chi connectivity index (χ1n) is 7.43. The normalized spacial score (nSPS) is 15.5. The molecule has 0 radical (unpaired) electrons. The van der Waals surface area contributed by atoms with Crippen molar-refractivity contribution < 1.29 is 13.7 Å². The van der Waals surface area contributed by atoms with Crippen molar-refractivity contribution in [2.24, 2.45) is 11.7 Å². The topological polar surface area (TPSA) is 81.2 Å². The lowest BCUT2D eigenvalue weighted by molar-refractivity contribution is 0.0949. The summed E-state index contributed by atoms with van der Waals surface area (Å²) in [6, 6.07) is 4.22. The Balaban J connectivity index is 1.87. The summed E-state index contributed by atoms with van der Waals surface area (Å²) in [6.45, 7) is 1.96. The number of halogens is 2. The lowest BCUT2D eigenvalue weighted by atomic mass is 10.0. The Hall–Kier alpha value is -1.92. The van der Waals surface area contributed by atoms with Crippen LogP contribution in [0.1, 0.15) is 29.0 Å². The molecule has 1 aromatic carbocycles. The summed E-state index contributed by atoms with van der Waals surface area (Å²) < 4.78 is 19.2. The van der Waals surface area contributed by atoms with Crippen molar-refractivity contribution in [1.29, 1.82) is 0 Å². The SMILES string of the molecule is Cc1onc(-c2c(F)cccc2Cl)c1C(=O)NCC(N)C1CC1. The zero-order chi connectivity index (χ0) is 16.6. The van der Waals surface area contributed by atoms with Gasteiger partial charge in [0, 0.05) is 12.6 Å². The van der Waals surface area contributed by atoms with E-state index in [9.17, 15) is 9.18 Å². The molecule has 1 aliphatic rings. The van der Waals surface area contributed by atoms with Gasteiger partial charge in [0.05, 0.1) is 10.6 Å². The lowest BCUT2D eigenvalue weighted by Crippen LogP contribution is -2.38. The van der Waals surface area contributed by atoms with Crippen molar-refractivity contribution in [1.82, 2.24) is 10.5 Å². The first kappa shape index (κ1) is 16.0. The molecular formula is C16H17ClFN3O2. The molecule has 23 heavy (non-hydrogen) atoms. The number of hydrogen-bond acceptors (Lipinski definition) is 4. The second-order valence-electron chi connectivity index (χ2n) is 5.77. The number of rotatable bonds is 5. The van der Waals surface area contributed by atoms with Crippen LogP contribution in [0, 0.1) is 18.7 Å². The molecule has 1 atom stereocenters. The number of hydrogen-bond donors (Lipinski definition) is 2. The fraction of sp³-hybridized carbons (Fsp3) is 0.375. The zero-order valence-corrected chi connectivity index (χ0v) is 13.4. The van der Waals surface area contributed by atoms with Gasteiger partial charge < -0.3 is 15.6 Å². The highest BCUT2D eigenvalue weighted by Gasteiger charge is 2.30. The fourth-order valence-electron chi connectivity index (χ4n) is 2.52. The van der Waals surface area contributed by atoms with Crippen molar-refractivity contribution in [3.63, 3.8) is 0 Å². The highest BCUT2D eigenvalue weighted by molar-refractivity contribution is 6.33. The van der Waals surface area contributed by atoms with E-state index in [1.54, 1.807) is 6.92 Å². The fourth-order valence-corrected chi connectivity index (χ4v) is 2.78. The minimum Gasteiger partial charge on any atom is -0.360 e. The molecule has 0 saturated heterocycles. The molecule has 1 amide bonds. The van der Waals surface area contributed by atoms with Gasteiger partial charge in [-0.05, 0) is 37.8 Å². The summed E-state index contributed by atoms with van der Waals surface area (Å²) in [5.41, 5.74) is 6.32. The summed E-state index contributed by atoms with van der Waals surface area (Å²) in [5.74, 6) is -0.181. The van der Waals surface area contributed by atoms with E-state index in [-0.39, 0.29) is 27.9 Å². The molecule has 0 spiro atoms. The maximum Gasteiger partial charge on any atom is 0.257 e. The quantitative estimate of drug-likeness (QED) is 0.879. The smallest absolute Gasteiger partial charge is 0.257 e. The van der Waals surface area contributed by atoms with Crippen molar-refractivity contribution in [3.05, 3.63) is 40.4 Å². The van der Waals surface area contributed by atoms with E-state index in [0.29, 0.717) is 18.2 Å². The number of carbonyl (C=O) groups excluding carboxylic acids is 1. The van der Waals surface area contributed by atoms with Crippen LogP contribution < -0.4 is 11.1 Å². The monoisotopic (exact) mass is 337 g/mol. The molecule has 0 bridgehead atoms.